The summed E-state index contributed by atoms with van der Waals surface area (Å²) in [6.45, 7) is 7.69. The number of benzene rings is 2. The van der Waals surface area contributed by atoms with Gasteiger partial charge in [0.05, 0.1) is 25.0 Å². The van der Waals surface area contributed by atoms with E-state index in [0.717, 1.165) is 29.5 Å². The first-order chi connectivity index (χ1) is 36.0. The zero-order chi connectivity index (χ0) is 55.5. The van der Waals surface area contributed by atoms with Crippen LogP contribution >= 0.6 is 23.4 Å². The molecule has 2 saturated heterocycles. The van der Waals surface area contributed by atoms with Gasteiger partial charge in [0.2, 0.25) is 23.6 Å². The maximum Gasteiger partial charge on any atom is 0.409 e. The number of hydrogen-bond acceptors (Lipinski definition) is 15. The van der Waals surface area contributed by atoms with Gasteiger partial charge in [-0.1, -0.05) is 47.5 Å². The van der Waals surface area contributed by atoms with Gasteiger partial charge in [0.15, 0.2) is 18.3 Å². The quantitative estimate of drug-likeness (QED) is 0.0796. The largest absolute Gasteiger partial charge is 0.495 e. The zero-order valence-corrected chi connectivity index (χ0v) is 46.1. The number of ether oxygens (including phenoxy) is 5. The number of anilines is 1. The van der Waals surface area contributed by atoms with Crippen LogP contribution in [-0.4, -0.2) is 152 Å². The van der Waals surface area contributed by atoms with Crippen LogP contribution in [-0.2, 0) is 55.8 Å². The van der Waals surface area contributed by atoms with E-state index in [0.29, 0.717) is 79.7 Å². The van der Waals surface area contributed by atoms with Crippen LogP contribution < -0.4 is 25.6 Å². The highest BCUT2D eigenvalue weighted by Crippen LogP contribution is 2.50. The molecule has 0 aromatic heterocycles. The van der Waals surface area contributed by atoms with E-state index in [-0.39, 0.29) is 66.0 Å². The fourth-order valence-corrected chi connectivity index (χ4v) is 11.5. The lowest BCUT2D eigenvalue weighted by molar-refractivity contribution is -0.328. The molecule has 76 heavy (non-hydrogen) atoms. The van der Waals surface area contributed by atoms with Crippen molar-refractivity contribution in [2.75, 3.05) is 57.8 Å². The number of likely N-dealkylation sites (N-methyl/N-ethyl adjacent to an activating group) is 1. The normalized spacial score (nSPS) is 28.2. The molecule has 7 atom stereocenters. The second kappa shape index (κ2) is 26.0. The van der Waals surface area contributed by atoms with Crippen LogP contribution in [0, 0.1) is 11.8 Å². The van der Waals surface area contributed by atoms with Gasteiger partial charge in [-0.25, -0.2) is 9.59 Å². The Morgan fingerprint density at radius 1 is 1.04 bits per heavy atom. The van der Waals surface area contributed by atoms with Crippen LogP contribution in [0.3, 0.4) is 0 Å². The standard InChI is InChI=1S/C55H72ClN5O14S/c1-33-10-9-11-43(72-8)55(70)27-45(74-52(69)59-55)54(4)32-53(3,75-54)44(26-48(66)61(6)41-24-37(22-33)25-42(71-7)49(41)56)73-51(68)34(2)60(5)47(65)19-21-76-31-46(64)58-28-36-13-15-38(16-14-36)50(67)57-20-18-35-12-17-39(29-62)40(23-35)30-63/h9-12,17,23-25,29-30,34,36,38,43-45,70H,13-16,18-22,26-28,31-32H2,1-8H3,(H,57,67)(H,58,64)(H,59,69)/b11-9+,33-10+/t34-,36?,38?,43?,44-,45?,53?,54?,55?/m0/s1. The first-order valence-corrected chi connectivity index (χ1v) is 27.1. The SMILES string of the molecule is COc1cc2cc(c1Cl)N(C)C(=O)C[C@H](OC(=O)[C@H](C)N(C)C(=O)CCSCC(=O)NCC1CCC(C(=O)NCCc3ccc(C=O)c(C=O)c3)CC1)C1(C)CC(C)(O1)C1CC(O)(NC(=O)O1)C(OC)/C=C/C=C(\C)C2. The molecule has 0 spiro atoms. The van der Waals surface area contributed by atoms with Crippen molar-refractivity contribution in [1.29, 1.82) is 0 Å². The first-order valence-electron chi connectivity index (χ1n) is 25.6. The number of nitrogens with one attached hydrogen (secondary N) is 3. The molecule has 2 aromatic carbocycles. The molecule has 7 rings (SSSR count). The number of hydrogen-bond donors (Lipinski definition) is 4. The van der Waals surface area contributed by atoms with Crippen LogP contribution in [0.4, 0.5) is 10.5 Å². The summed E-state index contributed by atoms with van der Waals surface area (Å²) in [4.78, 5) is 106. The van der Waals surface area contributed by atoms with E-state index < -0.39 is 59.3 Å². The number of fused-ring (bicyclic) bond motifs is 6. The topological polar surface area (TPSA) is 246 Å². The van der Waals surface area contributed by atoms with E-state index in [9.17, 15) is 43.5 Å². The summed E-state index contributed by atoms with van der Waals surface area (Å²) >= 11 is 8.10. The Hall–Kier alpha value is -5.80. The van der Waals surface area contributed by atoms with Crippen LogP contribution in [0.25, 0.3) is 0 Å². The highest BCUT2D eigenvalue weighted by atomic mass is 35.5. The minimum atomic E-state index is -1.90. The maximum absolute atomic E-state index is 14.3. The third-order valence-corrected chi connectivity index (χ3v) is 16.4. The number of methoxy groups -OCH3 is 2. The van der Waals surface area contributed by atoms with Gasteiger partial charge in [0.25, 0.3) is 0 Å². The molecular formula is C55H72ClN5O14S. The lowest BCUT2D eigenvalue weighted by Gasteiger charge is -2.59. The smallest absolute Gasteiger partial charge is 0.409 e. The van der Waals surface area contributed by atoms with Crippen molar-refractivity contribution in [2.45, 2.75) is 133 Å². The summed E-state index contributed by atoms with van der Waals surface area (Å²) in [7, 11) is 5.91. The second-order valence-electron chi connectivity index (χ2n) is 20.7. The molecule has 3 fully saturated rings. The number of carbonyl (C=O) groups is 8. The molecule has 19 nitrogen and oxygen atoms in total. The van der Waals surface area contributed by atoms with Gasteiger partial charge in [0.1, 0.15) is 46.3 Å². The van der Waals surface area contributed by atoms with Gasteiger partial charge in [-0.05, 0) is 101 Å². The van der Waals surface area contributed by atoms with Gasteiger partial charge in [-0.15, -0.1) is 0 Å². The van der Waals surface area contributed by atoms with Crippen molar-refractivity contribution >= 4 is 77.3 Å². The minimum Gasteiger partial charge on any atom is -0.495 e. The lowest BCUT2D eigenvalue weighted by Crippen LogP contribution is -2.72. The molecule has 4 N–H and O–H groups in total. The highest BCUT2D eigenvalue weighted by Gasteiger charge is 2.63. The number of halogens is 1. The molecule has 5 amide bonds. The van der Waals surface area contributed by atoms with E-state index in [2.05, 4.69) is 16.0 Å². The van der Waals surface area contributed by atoms with E-state index in [1.54, 1.807) is 63.4 Å². The van der Waals surface area contributed by atoms with Crippen LogP contribution in [0.1, 0.15) is 111 Å². The van der Waals surface area contributed by atoms with Crippen LogP contribution in [0.15, 0.2) is 54.1 Å². The van der Waals surface area contributed by atoms with Crippen molar-refractivity contribution < 1.29 is 67.1 Å². The van der Waals surface area contributed by atoms with Gasteiger partial charge < -0.3 is 49.2 Å². The van der Waals surface area contributed by atoms with Gasteiger partial charge in [-0.2, -0.15) is 11.8 Å². The molecule has 5 aliphatic rings. The minimum absolute atomic E-state index is 0.0229. The fourth-order valence-electron chi connectivity index (χ4n) is 10.4. The average molecular weight is 1090 g/mol. The zero-order valence-electron chi connectivity index (χ0n) is 44.6. The first kappa shape index (κ1) is 59.4. The van der Waals surface area contributed by atoms with Crippen molar-refractivity contribution in [1.82, 2.24) is 20.9 Å². The Bertz CT molecular complexity index is 2560. The number of thioether (sulfide) groups is 1. The van der Waals surface area contributed by atoms with E-state index in [1.807, 2.05) is 13.0 Å². The third kappa shape index (κ3) is 14.6. The van der Waals surface area contributed by atoms with Crippen molar-refractivity contribution in [3.63, 3.8) is 0 Å². The molecule has 4 aliphatic heterocycles. The van der Waals surface area contributed by atoms with E-state index in [1.165, 1.54) is 49.8 Å². The molecule has 1 saturated carbocycles. The summed E-state index contributed by atoms with van der Waals surface area (Å²) < 4.78 is 29.7. The number of esters is 1. The summed E-state index contributed by atoms with van der Waals surface area (Å²) in [6.07, 6.45) is 5.92. The molecule has 5 unspecified atom stereocenters. The molecular weight excluding hydrogens is 1020 g/mol. The number of rotatable bonds is 18. The van der Waals surface area contributed by atoms with Crippen molar-refractivity contribution in [2.24, 2.45) is 11.8 Å². The van der Waals surface area contributed by atoms with Crippen LogP contribution in [0.5, 0.6) is 5.75 Å². The number of alkyl carbamates (subject to hydrolysis) is 1. The lowest BCUT2D eigenvalue weighted by atomic mass is 9.72. The van der Waals surface area contributed by atoms with Gasteiger partial charge >= 0.3 is 12.1 Å². The van der Waals surface area contributed by atoms with Crippen molar-refractivity contribution in [3.05, 3.63) is 81.4 Å². The summed E-state index contributed by atoms with van der Waals surface area (Å²) in [5.74, 6) is -0.976. The Balaban J connectivity index is 1.02. The monoisotopic (exact) mass is 1090 g/mol. The second-order valence-corrected chi connectivity index (χ2v) is 22.2. The molecule has 0 radical (unpaired) electrons. The number of amides is 5. The number of aliphatic hydroxyl groups is 1. The van der Waals surface area contributed by atoms with Crippen molar-refractivity contribution in [3.8, 4) is 5.75 Å². The predicted molar refractivity (Wildman–Crippen MR) is 285 cm³/mol. The van der Waals surface area contributed by atoms with E-state index >= 15 is 0 Å². The molecule has 2 aromatic rings. The van der Waals surface area contributed by atoms with E-state index in [4.69, 9.17) is 35.3 Å². The fraction of sp³-hybridized carbons (Fsp3) is 0.564. The molecule has 21 heteroatoms. The Kier molecular flexibility index (Phi) is 20.4. The third-order valence-electron chi connectivity index (χ3n) is 15.1. The summed E-state index contributed by atoms with van der Waals surface area (Å²) in [6, 6.07) is 7.47. The Morgan fingerprint density at radius 3 is 2.42 bits per heavy atom. The maximum atomic E-state index is 14.3. The average Bonchev–Trinajstić information content (AvgIpc) is 3.40. The molecule has 4 heterocycles. The number of nitrogens with zero attached hydrogens (tertiary/aromatic N) is 2. The van der Waals surface area contributed by atoms with Crippen LogP contribution in [0.2, 0.25) is 5.02 Å². The predicted octanol–water partition coefficient (Wildman–Crippen LogP) is 5.69. The highest BCUT2D eigenvalue weighted by molar-refractivity contribution is 7.99. The van der Waals surface area contributed by atoms with Gasteiger partial charge in [0, 0.05) is 76.4 Å². The molecule has 1 aliphatic carbocycles. The Morgan fingerprint density at radius 2 is 1.75 bits per heavy atom. The summed E-state index contributed by atoms with van der Waals surface area (Å²) in [5.41, 5.74) is -0.906. The van der Waals surface area contributed by atoms with Gasteiger partial charge in [-0.3, -0.25) is 34.1 Å². The number of aldehydes is 2. The molecule has 414 valence electrons. The summed E-state index contributed by atoms with van der Waals surface area (Å²) in [5, 5.41) is 20.5. The number of carbonyl (C=O) groups excluding carboxylic acids is 8. The molecule has 6 bridgehead atoms. The Labute approximate surface area is 453 Å². The number of allylic oxidation sites excluding steroid dienone is 3.